The summed E-state index contributed by atoms with van der Waals surface area (Å²) in [7, 11) is 0. The molecule has 1 aliphatic rings. The number of aryl methyl sites for hydroxylation is 2. The van der Waals surface area contributed by atoms with E-state index in [1.54, 1.807) is 29.7 Å². The van der Waals surface area contributed by atoms with E-state index in [4.69, 9.17) is 4.42 Å². The maximum absolute atomic E-state index is 11.9. The number of nitrogens with zero attached hydrogens (tertiary/aromatic N) is 3. The van der Waals surface area contributed by atoms with Crippen molar-refractivity contribution in [3.63, 3.8) is 0 Å². The summed E-state index contributed by atoms with van der Waals surface area (Å²) >= 11 is 1.72. The number of hydrogen-bond donors (Lipinski definition) is 1. The third-order valence-electron chi connectivity index (χ3n) is 5.05. The Morgan fingerprint density at radius 1 is 1.39 bits per heavy atom. The van der Waals surface area contributed by atoms with Crippen molar-refractivity contribution in [2.75, 3.05) is 0 Å². The average Bonchev–Trinajstić information content (AvgIpc) is 3.40. The maximum Gasteiger partial charge on any atom is 0.307 e. The number of rotatable bonds is 4. The Morgan fingerprint density at radius 3 is 2.96 bits per heavy atom. The molecule has 1 amide bonds. The van der Waals surface area contributed by atoms with Crippen LogP contribution in [0.2, 0.25) is 0 Å². The van der Waals surface area contributed by atoms with E-state index >= 15 is 0 Å². The molecule has 0 saturated carbocycles. The number of carbonyl (C=O) groups excluding carboxylic acids is 1. The number of nitriles is 1. The number of hydrogen-bond acceptors (Lipinski definition) is 5. The molecule has 3 aromatic heterocycles. The molecule has 4 rings (SSSR count). The van der Waals surface area contributed by atoms with E-state index in [2.05, 4.69) is 21.2 Å². The van der Waals surface area contributed by atoms with E-state index in [-0.39, 0.29) is 5.76 Å². The summed E-state index contributed by atoms with van der Waals surface area (Å²) in [5, 5.41) is 14.8. The van der Waals surface area contributed by atoms with Crippen LogP contribution in [0, 0.1) is 25.2 Å². The second kappa shape index (κ2) is 7.49. The molecule has 3 heterocycles. The fourth-order valence-corrected chi connectivity index (χ4v) is 5.13. The van der Waals surface area contributed by atoms with Crippen LogP contribution < -0.4 is 5.43 Å². The van der Waals surface area contributed by atoms with Gasteiger partial charge in [-0.3, -0.25) is 4.79 Å². The van der Waals surface area contributed by atoms with Gasteiger partial charge in [-0.2, -0.15) is 10.4 Å². The van der Waals surface area contributed by atoms with Crippen molar-refractivity contribution in [2.24, 2.45) is 5.10 Å². The van der Waals surface area contributed by atoms with Crippen molar-refractivity contribution in [2.45, 2.75) is 39.5 Å². The lowest BCUT2D eigenvalue weighted by Gasteiger charge is -2.10. The zero-order valence-electron chi connectivity index (χ0n) is 15.8. The van der Waals surface area contributed by atoms with Crippen LogP contribution in [-0.2, 0) is 12.8 Å². The molecule has 7 heteroatoms. The highest BCUT2D eigenvalue weighted by molar-refractivity contribution is 7.15. The van der Waals surface area contributed by atoms with Crippen LogP contribution in [0.3, 0.4) is 0 Å². The highest BCUT2D eigenvalue weighted by atomic mass is 32.1. The Bertz CT molecular complexity index is 1100. The second-order valence-electron chi connectivity index (χ2n) is 6.84. The molecule has 0 spiro atoms. The van der Waals surface area contributed by atoms with Gasteiger partial charge in [-0.1, -0.05) is 0 Å². The van der Waals surface area contributed by atoms with Crippen LogP contribution in [-0.4, -0.2) is 16.7 Å². The van der Waals surface area contributed by atoms with Crippen LogP contribution >= 0.6 is 11.3 Å². The molecule has 0 aliphatic heterocycles. The lowest BCUT2D eigenvalue weighted by Crippen LogP contribution is -2.16. The Morgan fingerprint density at radius 2 is 2.21 bits per heavy atom. The molecular weight excluding hydrogens is 372 g/mol. The first-order valence-corrected chi connectivity index (χ1v) is 10.0. The van der Waals surface area contributed by atoms with Crippen LogP contribution in [0.15, 0.2) is 34.0 Å². The van der Waals surface area contributed by atoms with Crippen molar-refractivity contribution in [3.05, 3.63) is 63.2 Å². The van der Waals surface area contributed by atoms with Crippen molar-refractivity contribution in [3.8, 4) is 11.1 Å². The number of furan rings is 1. The number of nitrogens with one attached hydrogen (secondary N) is 1. The van der Waals surface area contributed by atoms with Gasteiger partial charge < -0.3 is 8.98 Å². The number of fused-ring (bicyclic) bond motifs is 1. The van der Waals surface area contributed by atoms with Crippen LogP contribution in [0.1, 0.15) is 56.4 Å². The quantitative estimate of drug-likeness (QED) is 0.532. The number of thiophene rings is 1. The largest absolute Gasteiger partial charge is 0.459 e. The fourth-order valence-electron chi connectivity index (χ4n) is 3.68. The van der Waals surface area contributed by atoms with E-state index in [0.717, 1.165) is 46.8 Å². The maximum atomic E-state index is 11.9. The Balaban J connectivity index is 1.64. The Hall–Kier alpha value is -3.11. The zero-order chi connectivity index (χ0) is 19.7. The predicted molar refractivity (Wildman–Crippen MR) is 108 cm³/mol. The molecular formula is C21H20N4O2S. The van der Waals surface area contributed by atoms with Gasteiger partial charge in [-0.05, 0) is 63.3 Å². The fraction of sp³-hybridized carbons (Fsp3) is 0.286. The summed E-state index contributed by atoms with van der Waals surface area (Å²) in [5.74, 6) is -0.182. The average molecular weight is 392 g/mol. The lowest BCUT2D eigenvalue weighted by molar-refractivity contribution is 0.0927. The molecule has 142 valence electrons. The molecule has 0 radical (unpaired) electrons. The summed E-state index contributed by atoms with van der Waals surface area (Å²) in [6.45, 7) is 4.02. The molecule has 1 aliphatic carbocycles. The van der Waals surface area contributed by atoms with Gasteiger partial charge in [0.15, 0.2) is 5.76 Å². The molecule has 0 aromatic carbocycles. The van der Waals surface area contributed by atoms with Crippen LogP contribution in [0.5, 0.6) is 0 Å². The van der Waals surface area contributed by atoms with E-state index in [9.17, 15) is 10.1 Å². The van der Waals surface area contributed by atoms with Crippen LogP contribution in [0.25, 0.3) is 5.00 Å². The molecule has 0 saturated heterocycles. The summed E-state index contributed by atoms with van der Waals surface area (Å²) < 4.78 is 7.17. The topological polar surface area (TPSA) is 83.3 Å². The number of aromatic nitrogens is 1. The molecule has 0 atom stereocenters. The third kappa shape index (κ3) is 3.16. The van der Waals surface area contributed by atoms with Gasteiger partial charge in [0.1, 0.15) is 11.1 Å². The Labute approximate surface area is 167 Å². The van der Waals surface area contributed by atoms with E-state index in [0.29, 0.717) is 0 Å². The smallest absolute Gasteiger partial charge is 0.307 e. The standard InChI is InChI=1S/C21H20N4O2S/c1-13-10-15(12-23-24-20(26)18-7-5-9-27-18)14(2)25(13)21-17(11-22)16-6-3-4-8-19(16)28-21/h5,7,9-10,12H,3-4,6,8H2,1-2H3,(H,24,26)/b23-12-. The van der Waals surface area contributed by atoms with Crippen molar-refractivity contribution in [1.82, 2.24) is 9.99 Å². The number of amides is 1. The SMILES string of the molecule is Cc1cc(/C=N\NC(=O)c2ccco2)c(C)n1-c1sc2c(c1C#N)CCCC2. The summed E-state index contributed by atoms with van der Waals surface area (Å²) in [6.07, 6.45) is 7.45. The summed E-state index contributed by atoms with van der Waals surface area (Å²) in [6, 6.07) is 7.67. The van der Waals surface area contributed by atoms with Gasteiger partial charge in [-0.25, -0.2) is 5.43 Å². The minimum atomic E-state index is -0.396. The number of carbonyl (C=O) groups is 1. The first-order valence-electron chi connectivity index (χ1n) is 9.21. The monoisotopic (exact) mass is 392 g/mol. The predicted octanol–water partition coefficient (Wildman–Crippen LogP) is 4.26. The highest BCUT2D eigenvalue weighted by Gasteiger charge is 2.23. The van der Waals surface area contributed by atoms with Gasteiger partial charge in [0.25, 0.3) is 0 Å². The molecule has 28 heavy (non-hydrogen) atoms. The minimum absolute atomic E-state index is 0.213. The first-order chi connectivity index (χ1) is 13.6. The number of hydrazone groups is 1. The van der Waals surface area contributed by atoms with Crippen LogP contribution in [0.4, 0.5) is 0 Å². The molecule has 0 bridgehead atoms. The summed E-state index contributed by atoms with van der Waals surface area (Å²) in [4.78, 5) is 13.3. The van der Waals surface area contributed by atoms with Crippen molar-refractivity contribution < 1.29 is 9.21 Å². The zero-order valence-corrected chi connectivity index (χ0v) is 16.6. The van der Waals surface area contributed by atoms with Crippen molar-refractivity contribution >= 4 is 23.5 Å². The third-order valence-corrected chi connectivity index (χ3v) is 6.33. The Kier molecular flexibility index (Phi) is 4.88. The lowest BCUT2D eigenvalue weighted by atomic mass is 9.96. The van der Waals surface area contributed by atoms with E-state index in [1.807, 2.05) is 19.9 Å². The van der Waals surface area contributed by atoms with Gasteiger partial charge in [0.2, 0.25) is 0 Å². The molecule has 0 unspecified atom stereocenters. The first kappa shape index (κ1) is 18.3. The summed E-state index contributed by atoms with van der Waals surface area (Å²) in [5.41, 5.74) is 7.41. The van der Waals surface area contributed by atoms with Gasteiger partial charge in [0, 0.05) is 21.8 Å². The minimum Gasteiger partial charge on any atom is -0.459 e. The molecule has 0 fully saturated rings. The van der Waals surface area contributed by atoms with Gasteiger partial charge >= 0.3 is 5.91 Å². The normalized spacial score (nSPS) is 13.5. The van der Waals surface area contributed by atoms with Crippen molar-refractivity contribution in [1.29, 1.82) is 5.26 Å². The second-order valence-corrected chi connectivity index (χ2v) is 7.92. The van der Waals surface area contributed by atoms with E-state index in [1.165, 1.54) is 23.1 Å². The molecule has 3 aromatic rings. The van der Waals surface area contributed by atoms with E-state index < -0.39 is 5.91 Å². The van der Waals surface area contributed by atoms with Gasteiger partial charge in [-0.15, -0.1) is 11.3 Å². The molecule has 1 N–H and O–H groups in total. The van der Waals surface area contributed by atoms with Gasteiger partial charge in [0.05, 0.1) is 18.0 Å². The highest BCUT2D eigenvalue weighted by Crippen LogP contribution is 2.38. The molecule has 6 nitrogen and oxygen atoms in total.